The molecule has 2 aliphatic rings. The van der Waals surface area contributed by atoms with Crippen molar-refractivity contribution in [1.29, 1.82) is 0 Å². The molecule has 3 N–H and O–H groups in total. The number of hydrogen-bond donors (Lipinski definition) is 3. The number of pyridine rings is 1. The van der Waals surface area contributed by atoms with E-state index in [1.807, 2.05) is 0 Å². The van der Waals surface area contributed by atoms with Gasteiger partial charge in [0.15, 0.2) is 0 Å². The number of nitrogens with one attached hydrogen (secondary N) is 3. The molecule has 48 heavy (non-hydrogen) atoms. The summed E-state index contributed by atoms with van der Waals surface area (Å²) in [4.78, 5) is 57.7. The lowest BCUT2D eigenvalue weighted by Crippen LogP contribution is -2.53. The minimum Gasteiger partial charge on any atom is -0.495 e. The third-order valence-corrected chi connectivity index (χ3v) is 9.20. The highest BCUT2D eigenvalue weighted by Gasteiger charge is 2.45. The van der Waals surface area contributed by atoms with E-state index in [4.69, 9.17) is 9.47 Å². The Labute approximate surface area is 278 Å². The Bertz CT molecular complexity index is 1460. The number of benzene rings is 1. The molecule has 2 aromatic rings. The Hall–Kier alpha value is -4.20. The first kappa shape index (κ1) is 36.6. The van der Waals surface area contributed by atoms with Gasteiger partial charge in [-0.25, -0.2) is 4.39 Å². The minimum absolute atomic E-state index is 0.0355. The van der Waals surface area contributed by atoms with Crippen LogP contribution in [0.3, 0.4) is 0 Å². The Morgan fingerprint density at radius 1 is 1.06 bits per heavy atom. The summed E-state index contributed by atoms with van der Waals surface area (Å²) < 4.78 is 56.5. The van der Waals surface area contributed by atoms with Gasteiger partial charge >= 0.3 is 5.92 Å². The van der Waals surface area contributed by atoms with Crippen LogP contribution >= 0.6 is 0 Å². The number of alkyl halides is 2. The number of amides is 4. The predicted octanol–water partition coefficient (Wildman–Crippen LogP) is 4.13. The van der Waals surface area contributed by atoms with Gasteiger partial charge in [0.1, 0.15) is 23.7 Å². The molecule has 2 fully saturated rings. The zero-order valence-corrected chi connectivity index (χ0v) is 27.7. The Morgan fingerprint density at radius 2 is 1.75 bits per heavy atom. The molecule has 0 radical (unpaired) electrons. The normalized spacial score (nSPS) is 20.2. The maximum absolute atomic E-state index is 15.6. The van der Waals surface area contributed by atoms with Crippen LogP contribution in [0.2, 0.25) is 0 Å². The van der Waals surface area contributed by atoms with E-state index in [1.54, 1.807) is 18.7 Å². The van der Waals surface area contributed by atoms with Crippen molar-refractivity contribution < 1.29 is 41.8 Å². The van der Waals surface area contributed by atoms with E-state index in [0.717, 1.165) is 31.2 Å². The molecule has 1 aliphatic carbocycles. The van der Waals surface area contributed by atoms with Crippen LogP contribution in [0.15, 0.2) is 36.7 Å². The number of rotatable bonds is 12. The van der Waals surface area contributed by atoms with E-state index in [2.05, 4.69) is 27.9 Å². The highest BCUT2D eigenvalue weighted by Crippen LogP contribution is 2.34. The molecule has 14 heteroatoms. The molecule has 0 bridgehead atoms. The largest absolute Gasteiger partial charge is 0.495 e. The number of nitrogens with zero attached hydrogens (tertiary/aromatic N) is 2. The quantitative estimate of drug-likeness (QED) is 0.308. The molecular weight excluding hydrogens is 631 g/mol. The van der Waals surface area contributed by atoms with Crippen LogP contribution < -0.4 is 20.7 Å². The van der Waals surface area contributed by atoms with Crippen LogP contribution in [0.4, 0.5) is 18.9 Å². The first-order valence-corrected chi connectivity index (χ1v) is 16.3. The van der Waals surface area contributed by atoms with Gasteiger partial charge < -0.3 is 30.3 Å². The van der Waals surface area contributed by atoms with Crippen molar-refractivity contribution in [2.75, 3.05) is 38.7 Å². The average molecular weight is 676 g/mol. The maximum Gasteiger partial charge on any atom is 0.351 e. The molecule has 3 atom stereocenters. The summed E-state index contributed by atoms with van der Waals surface area (Å²) in [6.07, 6.45) is 4.71. The van der Waals surface area contributed by atoms with Gasteiger partial charge in [0.25, 0.3) is 5.91 Å². The molecule has 2 heterocycles. The number of ether oxygens (including phenoxy) is 2. The predicted molar refractivity (Wildman–Crippen MR) is 171 cm³/mol. The highest BCUT2D eigenvalue weighted by molar-refractivity contribution is 5.98. The first-order valence-electron chi connectivity index (χ1n) is 16.3. The monoisotopic (exact) mass is 675 g/mol. The van der Waals surface area contributed by atoms with Crippen molar-refractivity contribution in [3.8, 4) is 5.75 Å². The Kier molecular flexibility index (Phi) is 12.4. The smallest absolute Gasteiger partial charge is 0.351 e. The van der Waals surface area contributed by atoms with Gasteiger partial charge in [-0.15, -0.1) is 0 Å². The van der Waals surface area contributed by atoms with Crippen LogP contribution in [0.5, 0.6) is 5.75 Å². The van der Waals surface area contributed by atoms with Crippen molar-refractivity contribution in [1.82, 2.24) is 20.5 Å². The number of aromatic nitrogens is 1. The van der Waals surface area contributed by atoms with E-state index >= 15 is 13.2 Å². The minimum atomic E-state index is -4.03. The number of halogens is 3. The summed E-state index contributed by atoms with van der Waals surface area (Å²) in [5, 5.41) is 7.48. The maximum atomic E-state index is 15.6. The molecule has 4 amide bonds. The summed E-state index contributed by atoms with van der Waals surface area (Å²) in [5.74, 6) is -8.73. The molecule has 1 saturated carbocycles. The lowest BCUT2D eigenvalue weighted by molar-refractivity contribution is -0.149. The van der Waals surface area contributed by atoms with Gasteiger partial charge in [0.2, 0.25) is 17.7 Å². The third-order valence-electron chi connectivity index (χ3n) is 9.20. The SMILES string of the molecule is CCC(=O)N[C@@H](C(=O)N1CCOCC1)[C@@H](C)c1ccc(NC(=O)C(NC(=O)C(F)(F)c2cncc(OC)c2)C2CCC(C)CC2)c(F)c1. The van der Waals surface area contributed by atoms with Gasteiger partial charge in [-0.3, -0.25) is 24.2 Å². The second-order valence-electron chi connectivity index (χ2n) is 12.5. The van der Waals surface area contributed by atoms with E-state index in [1.165, 1.54) is 25.4 Å². The second kappa shape index (κ2) is 16.3. The number of carbonyl (C=O) groups excluding carboxylic acids is 4. The van der Waals surface area contributed by atoms with Crippen molar-refractivity contribution in [2.45, 2.75) is 76.8 Å². The van der Waals surface area contributed by atoms with Gasteiger partial charge in [-0.2, -0.15) is 8.78 Å². The summed E-state index contributed by atoms with van der Waals surface area (Å²) in [6.45, 7) is 6.88. The van der Waals surface area contributed by atoms with Gasteiger partial charge in [0, 0.05) is 31.6 Å². The molecular formula is C34H44F3N5O6. The van der Waals surface area contributed by atoms with Gasteiger partial charge in [0.05, 0.1) is 37.8 Å². The number of morpholine rings is 1. The topological polar surface area (TPSA) is 139 Å². The first-order chi connectivity index (χ1) is 22.8. The molecule has 1 unspecified atom stereocenters. The fourth-order valence-corrected chi connectivity index (χ4v) is 6.06. The highest BCUT2D eigenvalue weighted by atomic mass is 19.3. The van der Waals surface area contributed by atoms with Crippen LogP contribution in [-0.2, 0) is 29.8 Å². The van der Waals surface area contributed by atoms with Gasteiger partial charge in [-0.1, -0.05) is 39.7 Å². The van der Waals surface area contributed by atoms with Gasteiger partial charge in [-0.05, 0) is 48.4 Å². The Balaban J connectivity index is 1.54. The van der Waals surface area contributed by atoms with Crippen LogP contribution in [-0.4, -0.2) is 79.0 Å². The number of carbonyl (C=O) groups is 4. The average Bonchev–Trinajstić information content (AvgIpc) is 3.10. The van der Waals surface area contributed by atoms with Crippen molar-refractivity contribution in [3.63, 3.8) is 0 Å². The summed E-state index contributed by atoms with van der Waals surface area (Å²) in [7, 11) is 1.28. The van der Waals surface area contributed by atoms with Crippen molar-refractivity contribution in [3.05, 3.63) is 53.6 Å². The number of methoxy groups -OCH3 is 1. The standard InChI is InChI=1S/C34H44F3N5O6/c1-5-28(43)40-29(32(45)42-12-14-48-15-13-42)21(3)23-10-11-27(26(35)16-23)39-31(44)30(22-8-6-20(2)7-9-22)41-33(46)34(36,37)24-17-25(47-4)19-38-18-24/h10-11,16-22,29-30H,5-9,12-15H2,1-4H3,(H,39,44)(H,40,43)(H,41,46)/t20?,21-,22?,29+,30?/m0/s1. The van der Waals surface area contributed by atoms with Crippen molar-refractivity contribution in [2.24, 2.45) is 11.8 Å². The van der Waals surface area contributed by atoms with E-state index in [9.17, 15) is 19.2 Å². The fraction of sp³-hybridized carbons (Fsp3) is 0.559. The van der Waals surface area contributed by atoms with Crippen LogP contribution in [0, 0.1) is 17.7 Å². The summed E-state index contributed by atoms with van der Waals surface area (Å²) >= 11 is 0. The van der Waals surface area contributed by atoms with E-state index < -0.39 is 53.0 Å². The molecule has 4 rings (SSSR count). The lowest BCUT2D eigenvalue weighted by Gasteiger charge is -2.33. The summed E-state index contributed by atoms with van der Waals surface area (Å²) in [5.41, 5.74) is -0.532. The van der Waals surface area contributed by atoms with Crippen LogP contribution in [0.1, 0.15) is 69.9 Å². The Morgan fingerprint density at radius 3 is 2.38 bits per heavy atom. The van der Waals surface area contributed by atoms with E-state index in [0.29, 0.717) is 50.6 Å². The number of hydrogen-bond acceptors (Lipinski definition) is 7. The van der Waals surface area contributed by atoms with Crippen molar-refractivity contribution >= 4 is 29.3 Å². The van der Waals surface area contributed by atoms with Crippen LogP contribution in [0.25, 0.3) is 0 Å². The molecule has 262 valence electrons. The molecule has 1 aliphatic heterocycles. The molecule has 1 aromatic heterocycles. The molecule has 0 spiro atoms. The fourth-order valence-electron chi connectivity index (χ4n) is 6.06. The lowest BCUT2D eigenvalue weighted by atomic mass is 9.79. The third kappa shape index (κ3) is 8.82. The zero-order chi connectivity index (χ0) is 35.0. The molecule has 1 saturated heterocycles. The molecule has 1 aromatic carbocycles. The summed E-state index contributed by atoms with van der Waals surface area (Å²) in [6, 6.07) is 2.67. The number of anilines is 1. The molecule has 11 nitrogen and oxygen atoms in total. The van der Waals surface area contributed by atoms with E-state index in [-0.39, 0.29) is 29.7 Å². The zero-order valence-electron chi connectivity index (χ0n) is 27.7. The second-order valence-corrected chi connectivity index (χ2v) is 12.5.